The van der Waals surface area contributed by atoms with Crippen molar-refractivity contribution in [1.82, 2.24) is 4.90 Å². The van der Waals surface area contributed by atoms with Crippen molar-refractivity contribution in [1.29, 1.82) is 0 Å². The highest BCUT2D eigenvalue weighted by Gasteiger charge is 2.11. The van der Waals surface area contributed by atoms with Gasteiger partial charge in [-0.2, -0.15) is 0 Å². The molecule has 0 N–H and O–H groups in total. The van der Waals surface area contributed by atoms with E-state index in [4.69, 9.17) is 4.42 Å². The number of carbonyl (C=O) groups excluding carboxylic acids is 1. The third-order valence-electron chi connectivity index (χ3n) is 3.51. The number of Topliss-reactive ketones (excluding diaryl/α,β-unsaturated/α-hetero) is 1. The topological polar surface area (TPSA) is 33.5 Å². The van der Waals surface area contributed by atoms with E-state index in [1.165, 1.54) is 0 Å². The summed E-state index contributed by atoms with van der Waals surface area (Å²) in [6.07, 6.45) is 2.22. The molecule has 0 fully saturated rings. The van der Waals surface area contributed by atoms with Crippen molar-refractivity contribution in [2.75, 3.05) is 13.1 Å². The number of benzene rings is 1. The zero-order valence-corrected chi connectivity index (χ0v) is 12.1. The molecule has 0 radical (unpaired) electrons. The molecule has 0 saturated carbocycles. The lowest BCUT2D eigenvalue weighted by molar-refractivity contribution is 0.0961. The van der Waals surface area contributed by atoms with E-state index >= 15 is 0 Å². The van der Waals surface area contributed by atoms with Crippen molar-refractivity contribution in [3.63, 3.8) is 0 Å². The first-order valence-corrected chi connectivity index (χ1v) is 7.04. The van der Waals surface area contributed by atoms with Gasteiger partial charge in [0.1, 0.15) is 5.76 Å². The Morgan fingerprint density at radius 3 is 2.65 bits per heavy atom. The summed E-state index contributed by atoms with van der Waals surface area (Å²) >= 11 is 0. The Kier molecular flexibility index (Phi) is 5.13. The fraction of sp³-hybridized carbons (Fsp3) is 0.353. The lowest BCUT2D eigenvalue weighted by Gasteiger charge is -2.18. The average molecular weight is 271 g/mol. The Hall–Kier alpha value is -1.87. The molecule has 106 valence electrons. The first-order valence-electron chi connectivity index (χ1n) is 7.04. The zero-order valence-electron chi connectivity index (χ0n) is 12.1. The minimum Gasteiger partial charge on any atom is -0.468 e. The molecule has 20 heavy (non-hydrogen) atoms. The number of hydrogen-bond donors (Lipinski definition) is 0. The smallest absolute Gasteiger partial charge is 0.164 e. The third-order valence-corrected chi connectivity index (χ3v) is 3.51. The van der Waals surface area contributed by atoms with Gasteiger partial charge in [0.05, 0.1) is 12.8 Å². The predicted molar refractivity (Wildman–Crippen MR) is 79.8 cm³/mol. The van der Waals surface area contributed by atoms with Crippen LogP contribution in [0.15, 0.2) is 47.1 Å². The number of nitrogens with zero attached hydrogens (tertiary/aromatic N) is 1. The number of aryl methyl sites for hydroxylation is 1. The van der Waals surface area contributed by atoms with Crippen LogP contribution in [0.4, 0.5) is 0 Å². The molecule has 2 rings (SSSR count). The normalized spacial score (nSPS) is 10.9. The highest BCUT2D eigenvalue weighted by Crippen LogP contribution is 2.11. The molecule has 1 aromatic carbocycles. The van der Waals surface area contributed by atoms with Crippen molar-refractivity contribution in [3.05, 3.63) is 59.5 Å². The zero-order chi connectivity index (χ0) is 14.4. The van der Waals surface area contributed by atoms with E-state index in [1.54, 1.807) is 6.26 Å². The second-order valence-corrected chi connectivity index (χ2v) is 4.94. The van der Waals surface area contributed by atoms with E-state index in [2.05, 4.69) is 11.8 Å². The maximum atomic E-state index is 12.2. The summed E-state index contributed by atoms with van der Waals surface area (Å²) in [7, 11) is 0. The molecule has 1 heterocycles. The Balaban J connectivity index is 1.90. The summed E-state index contributed by atoms with van der Waals surface area (Å²) in [6.45, 7) is 6.49. The molecule has 0 amide bonds. The lowest BCUT2D eigenvalue weighted by Crippen LogP contribution is -2.25. The van der Waals surface area contributed by atoms with Gasteiger partial charge in [-0.25, -0.2) is 0 Å². The predicted octanol–water partition coefficient (Wildman–Crippen LogP) is 3.68. The van der Waals surface area contributed by atoms with Gasteiger partial charge in [0.25, 0.3) is 0 Å². The summed E-state index contributed by atoms with van der Waals surface area (Å²) in [5.41, 5.74) is 1.88. The van der Waals surface area contributed by atoms with Gasteiger partial charge in [-0.1, -0.05) is 31.2 Å². The van der Waals surface area contributed by atoms with Crippen molar-refractivity contribution >= 4 is 5.78 Å². The first kappa shape index (κ1) is 14.5. The van der Waals surface area contributed by atoms with Crippen LogP contribution in [-0.4, -0.2) is 23.8 Å². The second kappa shape index (κ2) is 7.06. The van der Waals surface area contributed by atoms with Crippen LogP contribution in [0.1, 0.15) is 35.0 Å². The Labute approximate surface area is 120 Å². The Morgan fingerprint density at radius 2 is 2.00 bits per heavy atom. The number of rotatable bonds is 7. The van der Waals surface area contributed by atoms with Gasteiger partial charge < -0.3 is 4.42 Å². The van der Waals surface area contributed by atoms with Crippen LogP contribution < -0.4 is 0 Å². The molecule has 0 unspecified atom stereocenters. The molecule has 0 saturated heterocycles. The van der Waals surface area contributed by atoms with Gasteiger partial charge in [0.2, 0.25) is 0 Å². The number of hydrogen-bond acceptors (Lipinski definition) is 3. The monoisotopic (exact) mass is 271 g/mol. The molecule has 3 heteroatoms. The van der Waals surface area contributed by atoms with Crippen LogP contribution in [0, 0.1) is 6.92 Å². The maximum Gasteiger partial charge on any atom is 0.164 e. The molecule has 0 bridgehead atoms. The van der Waals surface area contributed by atoms with Crippen LogP contribution in [0.2, 0.25) is 0 Å². The van der Waals surface area contributed by atoms with Gasteiger partial charge in [0, 0.05) is 18.5 Å². The maximum absolute atomic E-state index is 12.2. The van der Waals surface area contributed by atoms with E-state index in [9.17, 15) is 4.79 Å². The molecular formula is C17H21NO2. The highest BCUT2D eigenvalue weighted by molar-refractivity contribution is 5.97. The van der Waals surface area contributed by atoms with E-state index in [0.29, 0.717) is 6.42 Å². The van der Waals surface area contributed by atoms with Gasteiger partial charge in [0.15, 0.2) is 5.78 Å². The largest absolute Gasteiger partial charge is 0.468 e. The van der Waals surface area contributed by atoms with Crippen LogP contribution in [0.5, 0.6) is 0 Å². The van der Waals surface area contributed by atoms with Gasteiger partial charge >= 0.3 is 0 Å². The number of carbonyl (C=O) groups is 1. The molecule has 0 spiro atoms. The summed E-state index contributed by atoms with van der Waals surface area (Å²) in [6, 6.07) is 11.6. The molecule has 0 atom stereocenters. The third kappa shape index (κ3) is 3.81. The van der Waals surface area contributed by atoms with Crippen LogP contribution >= 0.6 is 0 Å². The quantitative estimate of drug-likeness (QED) is 0.720. The number of furan rings is 1. The van der Waals surface area contributed by atoms with Crippen molar-refractivity contribution in [2.24, 2.45) is 0 Å². The molecule has 2 aromatic rings. The van der Waals surface area contributed by atoms with E-state index in [0.717, 1.165) is 36.5 Å². The van der Waals surface area contributed by atoms with Crippen molar-refractivity contribution in [3.8, 4) is 0 Å². The molecule has 1 aromatic heterocycles. The van der Waals surface area contributed by atoms with E-state index in [-0.39, 0.29) is 5.78 Å². The van der Waals surface area contributed by atoms with Gasteiger partial charge in [-0.3, -0.25) is 9.69 Å². The van der Waals surface area contributed by atoms with Crippen molar-refractivity contribution < 1.29 is 9.21 Å². The summed E-state index contributed by atoms with van der Waals surface area (Å²) in [5.74, 6) is 1.15. The van der Waals surface area contributed by atoms with Crippen LogP contribution in [-0.2, 0) is 6.54 Å². The summed E-state index contributed by atoms with van der Waals surface area (Å²) in [4.78, 5) is 14.5. The van der Waals surface area contributed by atoms with Crippen molar-refractivity contribution in [2.45, 2.75) is 26.8 Å². The lowest BCUT2D eigenvalue weighted by atomic mass is 10.0. The number of ketones is 1. The Morgan fingerprint density at radius 1 is 1.20 bits per heavy atom. The molecule has 0 aliphatic heterocycles. The molecule has 3 nitrogen and oxygen atoms in total. The standard InChI is InChI=1S/C17H21NO2/c1-3-18(13-15-8-6-12-20-15)11-10-17(19)16-9-5-4-7-14(16)2/h4-9,12H,3,10-11,13H2,1-2H3. The van der Waals surface area contributed by atoms with E-state index in [1.807, 2.05) is 43.3 Å². The second-order valence-electron chi connectivity index (χ2n) is 4.94. The molecule has 0 aliphatic carbocycles. The van der Waals surface area contributed by atoms with Crippen LogP contribution in [0.3, 0.4) is 0 Å². The molecular weight excluding hydrogens is 250 g/mol. The Bertz CT molecular complexity index is 546. The average Bonchev–Trinajstić information content (AvgIpc) is 2.96. The summed E-state index contributed by atoms with van der Waals surface area (Å²) in [5, 5.41) is 0. The van der Waals surface area contributed by atoms with Crippen LogP contribution in [0.25, 0.3) is 0 Å². The van der Waals surface area contributed by atoms with Gasteiger partial charge in [-0.05, 0) is 31.2 Å². The van der Waals surface area contributed by atoms with E-state index < -0.39 is 0 Å². The van der Waals surface area contributed by atoms with Gasteiger partial charge in [-0.15, -0.1) is 0 Å². The first-order chi connectivity index (χ1) is 9.70. The highest BCUT2D eigenvalue weighted by atomic mass is 16.3. The minimum absolute atomic E-state index is 0.209. The fourth-order valence-corrected chi connectivity index (χ4v) is 2.25. The SMILES string of the molecule is CCN(CCC(=O)c1ccccc1C)Cc1ccco1. The fourth-order valence-electron chi connectivity index (χ4n) is 2.25. The minimum atomic E-state index is 0.209. The summed E-state index contributed by atoms with van der Waals surface area (Å²) < 4.78 is 5.35. The molecule has 0 aliphatic rings.